The second kappa shape index (κ2) is 6.69. The highest BCUT2D eigenvalue weighted by Gasteiger charge is 2.28. The third-order valence-corrected chi connectivity index (χ3v) is 3.96. The minimum Gasteiger partial charge on any atom is -0.394 e. The van der Waals surface area contributed by atoms with E-state index in [4.69, 9.17) is 4.74 Å². The van der Waals surface area contributed by atoms with Crippen LogP contribution in [0.25, 0.3) is 0 Å². The van der Waals surface area contributed by atoms with Crippen LogP contribution in [0.15, 0.2) is 0 Å². The topological polar surface area (TPSA) is 44.7 Å². The number of morpholine rings is 1. The van der Waals surface area contributed by atoms with Gasteiger partial charge in [0, 0.05) is 24.7 Å². The summed E-state index contributed by atoms with van der Waals surface area (Å²) in [5.41, 5.74) is -0.167. The molecule has 102 valence electrons. The molecule has 0 amide bonds. The zero-order chi connectivity index (χ0) is 12.9. The maximum atomic E-state index is 9.38. The number of aliphatic hydroxyl groups excluding tert-OH is 1. The first-order valence-corrected chi connectivity index (χ1v) is 6.70. The fourth-order valence-electron chi connectivity index (χ4n) is 2.24. The van der Waals surface area contributed by atoms with Crippen LogP contribution in [0.5, 0.6) is 0 Å². The highest BCUT2D eigenvalue weighted by molar-refractivity contribution is 4.85. The van der Waals surface area contributed by atoms with Crippen molar-refractivity contribution >= 4 is 0 Å². The predicted octanol–water partition coefficient (Wildman–Crippen LogP) is 0.846. The third kappa shape index (κ3) is 4.21. The molecule has 0 aliphatic carbocycles. The number of nitrogens with one attached hydrogen (secondary N) is 1. The maximum Gasteiger partial charge on any atom is 0.0674 e. The SMILES string of the molecule is CCC1COC(C)CN1CCC(C)(CO)NC. The first-order valence-electron chi connectivity index (χ1n) is 6.70. The van der Waals surface area contributed by atoms with E-state index >= 15 is 0 Å². The molecule has 1 rings (SSSR count). The summed E-state index contributed by atoms with van der Waals surface area (Å²) in [7, 11) is 1.91. The fourth-order valence-corrected chi connectivity index (χ4v) is 2.24. The molecule has 4 nitrogen and oxygen atoms in total. The number of rotatable bonds is 6. The third-order valence-electron chi connectivity index (χ3n) is 3.96. The van der Waals surface area contributed by atoms with Gasteiger partial charge in [-0.05, 0) is 33.7 Å². The number of likely N-dealkylation sites (N-methyl/N-ethyl adjacent to an activating group) is 1. The summed E-state index contributed by atoms with van der Waals surface area (Å²) < 4.78 is 5.69. The Morgan fingerprint density at radius 2 is 2.24 bits per heavy atom. The van der Waals surface area contributed by atoms with Gasteiger partial charge in [-0.15, -0.1) is 0 Å². The average molecular weight is 244 g/mol. The van der Waals surface area contributed by atoms with Crippen LogP contribution in [0.4, 0.5) is 0 Å². The molecule has 1 aliphatic rings. The first-order chi connectivity index (χ1) is 8.04. The van der Waals surface area contributed by atoms with Gasteiger partial charge >= 0.3 is 0 Å². The van der Waals surface area contributed by atoms with E-state index in [2.05, 4.69) is 31.0 Å². The van der Waals surface area contributed by atoms with Gasteiger partial charge in [0.25, 0.3) is 0 Å². The van der Waals surface area contributed by atoms with Gasteiger partial charge in [0.05, 0.1) is 19.3 Å². The van der Waals surface area contributed by atoms with E-state index in [-0.39, 0.29) is 12.1 Å². The van der Waals surface area contributed by atoms with Crippen molar-refractivity contribution in [1.29, 1.82) is 0 Å². The van der Waals surface area contributed by atoms with Crippen molar-refractivity contribution in [2.24, 2.45) is 0 Å². The molecule has 3 atom stereocenters. The van der Waals surface area contributed by atoms with Crippen molar-refractivity contribution in [3.8, 4) is 0 Å². The summed E-state index contributed by atoms with van der Waals surface area (Å²) in [6, 6.07) is 0.533. The highest BCUT2D eigenvalue weighted by Crippen LogP contribution is 2.17. The van der Waals surface area contributed by atoms with E-state index in [1.807, 2.05) is 7.05 Å². The molecule has 0 spiro atoms. The normalized spacial score (nSPS) is 30.2. The minimum absolute atomic E-state index is 0.167. The Morgan fingerprint density at radius 3 is 2.76 bits per heavy atom. The van der Waals surface area contributed by atoms with Crippen LogP contribution in [0.2, 0.25) is 0 Å². The number of hydrogen-bond acceptors (Lipinski definition) is 4. The van der Waals surface area contributed by atoms with E-state index in [1.54, 1.807) is 0 Å². The lowest BCUT2D eigenvalue weighted by atomic mass is 9.98. The Morgan fingerprint density at radius 1 is 1.53 bits per heavy atom. The van der Waals surface area contributed by atoms with Crippen molar-refractivity contribution in [3.05, 3.63) is 0 Å². The molecule has 0 aromatic heterocycles. The van der Waals surface area contributed by atoms with E-state index in [1.165, 1.54) is 0 Å². The molecule has 1 saturated heterocycles. The molecule has 0 radical (unpaired) electrons. The molecule has 2 N–H and O–H groups in total. The molecule has 0 aromatic rings. The van der Waals surface area contributed by atoms with Gasteiger partial charge in [0.1, 0.15) is 0 Å². The van der Waals surface area contributed by atoms with Gasteiger partial charge in [-0.3, -0.25) is 4.90 Å². The Kier molecular flexibility index (Phi) is 5.86. The van der Waals surface area contributed by atoms with Gasteiger partial charge in [-0.25, -0.2) is 0 Å². The predicted molar refractivity (Wildman–Crippen MR) is 70.2 cm³/mol. The molecule has 3 unspecified atom stereocenters. The largest absolute Gasteiger partial charge is 0.394 e. The van der Waals surface area contributed by atoms with Gasteiger partial charge in [0.2, 0.25) is 0 Å². The van der Waals surface area contributed by atoms with Gasteiger partial charge < -0.3 is 15.2 Å². The summed E-state index contributed by atoms with van der Waals surface area (Å²) >= 11 is 0. The van der Waals surface area contributed by atoms with Crippen molar-refractivity contribution in [2.75, 3.05) is 33.4 Å². The fraction of sp³-hybridized carbons (Fsp3) is 1.00. The lowest BCUT2D eigenvalue weighted by Crippen LogP contribution is -2.52. The van der Waals surface area contributed by atoms with Crippen LogP contribution in [-0.2, 0) is 4.74 Å². The molecule has 17 heavy (non-hydrogen) atoms. The second-order valence-corrected chi connectivity index (χ2v) is 5.42. The molecule has 1 fully saturated rings. The summed E-state index contributed by atoms with van der Waals surface area (Å²) in [6.07, 6.45) is 2.42. The maximum absolute atomic E-state index is 9.38. The Bertz CT molecular complexity index is 219. The number of nitrogens with zero attached hydrogens (tertiary/aromatic N) is 1. The van der Waals surface area contributed by atoms with Crippen molar-refractivity contribution < 1.29 is 9.84 Å². The number of hydrogen-bond donors (Lipinski definition) is 2. The standard InChI is InChI=1S/C13H28N2O2/c1-5-12-9-17-11(2)8-15(12)7-6-13(3,10-16)14-4/h11-12,14,16H,5-10H2,1-4H3. The number of aliphatic hydroxyl groups is 1. The molecule has 4 heteroatoms. The average Bonchev–Trinajstić information content (AvgIpc) is 2.36. The Hall–Kier alpha value is -0.160. The highest BCUT2D eigenvalue weighted by atomic mass is 16.5. The van der Waals surface area contributed by atoms with Crippen LogP contribution in [0.1, 0.15) is 33.6 Å². The van der Waals surface area contributed by atoms with Crippen LogP contribution in [-0.4, -0.2) is 61.0 Å². The van der Waals surface area contributed by atoms with Crippen LogP contribution in [0, 0.1) is 0 Å². The van der Waals surface area contributed by atoms with Crippen molar-refractivity contribution in [2.45, 2.75) is 51.3 Å². The van der Waals surface area contributed by atoms with Crippen LogP contribution in [0.3, 0.4) is 0 Å². The minimum atomic E-state index is -0.167. The summed E-state index contributed by atoms with van der Waals surface area (Å²) in [5.74, 6) is 0. The lowest BCUT2D eigenvalue weighted by molar-refractivity contribution is -0.0585. The van der Waals surface area contributed by atoms with E-state index in [0.717, 1.165) is 32.5 Å². The zero-order valence-corrected chi connectivity index (χ0v) is 11.7. The zero-order valence-electron chi connectivity index (χ0n) is 11.7. The summed E-state index contributed by atoms with van der Waals surface area (Å²) in [5, 5.41) is 12.6. The molecule has 0 bridgehead atoms. The second-order valence-electron chi connectivity index (χ2n) is 5.42. The quantitative estimate of drug-likeness (QED) is 0.727. The van der Waals surface area contributed by atoms with E-state index < -0.39 is 0 Å². The first kappa shape index (κ1) is 14.9. The van der Waals surface area contributed by atoms with E-state index in [9.17, 15) is 5.11 Å². The summed E-state index contributed by atoms with van der Waals surface area (Å²) in [6.45, 7) is 9.45. The molecule has 1 aliphatic heterocycles. The Labute approximate surface area is 105 Å². The lowest BCUT2D eigenvalue weighted by Gasteiger charge is -2.40. The molecule has 0 aromatic carbocycles. The molecule has 0 saturated carbocycles. The molecular weight excluding hydrogens is 216 g/mol. The van der Waals surface area contributed by atoms with Gasteiger partial charge in [-0.1, -0.05) is 6.92 Å². The smallest absolute Gasteiger partial charge is 0.0674 e. The molecule has 1 heterocycles. The monoisotopic (exact) mass is 244 g/mol. The summed E-state index contributed by atoms with van der Waals surface area (Å²) in [4.78, 5) is 2.50. The van der Waals surface area contributed by atoms with Gasteiger partial charge in [-0.2, -0.15) is 0 Å². The number of ether oxygens (including phenoxy) is 1. The van der Waals surface area contributed by atoms with Gasteiger partial charge in [0.15, 0.2) is 0 Å². The van der Waals surface area contributed by atoms with Crippen molar-refractivity contribution in [3.63, 3.8) is 0 Å². The van der Waals surface area contributed by atoms with Crippen molar-refractivity contribution in [1.82, 2.24) is 10.2 Å². The Balaban J connectivity index is 2.47. The van der Waals surface area contributed by atoms with Crippen LogP contribution >= 0.6 is 0 Å². The van der Waals surface area contributed by atoms with Crippen LogP contribution < -0.4 is 5.32 Å². The molecular formula is C13H28N2O2. The van der Waals surface area contributed by atoms with E-state index in [0.29, 0.717) is 12.1 Å².